The van der Waals surface area contributed by atoms with E-state index in [0.29, 0.717) is 0 Å². The first kappa shape index (κ1) is 15.8. The normalized spacial score (nSPS) is 9.10. The van der Waals surface area contributed by atoms with Crippen molar-refractivity contribution in [3.05, 3.63) is 42.6 Å². The molecular weight excluding hydrogens is 302 g/mol. The molecule has 0 radical (unpaired) electrons. The maximum atomic E-state index is 10.8. The third kappa shape index (κ3) is 4.76. The molecule has 0 fully saturated rings. The summed E-state index contributed by atoms with van der Waals surface area (Å²) < 4.78 is 0. The SMILES string of the molecule is Cc1nc(C(=O)N=[N+]=[N-])cs1.Cc1nc(C(=O)O)cs1. The lowest BCUT2D eigenvalue weighted by Crippen LogP contribution is -1.95. The molecule has 20 heavy (non-hydrogen) atoms. The molecule has 0 saturated carbocycles. The van der Waals surface area contributed by atoms with Crippen molar-refractivity contribution >= 4 is 34.6 Å². The Hall–Kier alpha value is -2.29. The highest BCUT2D eigenvalue weighted by Crippen LogP contribution is 2.08. The summed E-state index contributed by atoms with van der Waals surface area (Å²) in [6, 6.07) is 0. The van der Waals surface area contributed by atoms with Crippen LogP contribution in [0.1, 0.15) is 31.0 Å². The zero-order valence-electron chi connectivity index (χ0n) is 10.5. The molecule has 0 aliphatic heterocycles. The number of thiazole rings is 2. The van der Waals surface area contributed by atoms with Crippen LogP contribution in [0.3, 0.4) is 0 Å². The zero-order chi connectivity index (χ0) is 15.1. The maximum absolute atomic E-state index is 10.8. The van der Waals surface area contributed by atoms with Crippen LogP contribution in [0.4, 0.5) is 0 Å². The fourth-order valence-electron chi connectivity index (χ4n) is 1.02. The van der Waals surface area contributed by atoms with Crippen molar-refractivity contribution < 1.29 is 14.7 Å². The number of rotatable bonds is 2. The van der Waals surface area contributed by atoms with E-state index in [0.717, 1.165) is 10.0 Å². The summed E-state index contributed by atoms with van der Waals surface area (Å²) in [7, 11) is 0. The van der Waals surface area contributed by atoms with Gasteiger partial charge >= 0.3 is 5.97 Å². The maximum Gasteiger partial charge on any atom is 0.355 e. The van der Waals surface area contributed by atoms with E-state index in [-0.39, 0.29) is 11.4 Å². The lowest BCUT2D eigenvalue weighted by molar-refractivity contribution is 0.0691. The molecule has 2 rings (SSSR count). The molecular formula is C10H9N5O3S2. The van der Waals surface area contributed by atoms with E-state index >= 15 is 0 Å². The highest BCUT2D eigenvalue weighted by Gasteiger charge is 2.05. The third-order valence-electron chi connectivity index (χ3n) is 1.81. The molecule has 2 heterocycles. The van der Waals surface area contributed by atoms with Gasteiger partial charge in [0.05, 0.1) is 10.0 Å². The highest BCUT2D eigenvalue weighted by atomic mass is 32.1. The molecule has 0 bridgehead atoms. The number of nitrogens with zero attached hydrogens (tertiary/aromatic N) is 5. The van der Waals surface area contributed by atoms with Crippen LogP contribution in [0.2, 0.25) is 0 Å². The molecule has 2 aromatic heterocycles. The van der Waals surface area contributed by atoms with Gasteiger partial charge in [0.1, 0.15) is 5.69 Å². The minimum absolute atomic E-state index is 0.137. The van der Waals surface area contributed by atoms with Gasteiger partial charge in [-0.1, -0.05) is 0 Å². The van der Waals surface area contributed by atoms with E-state index in [1.165, 1.54) is 28.1 Å². The lowest BCUT2D eigenvalue weighted by atomic mass is 10.5. The molecule has 0 unspecified atom stereocenters. The van der Waals surface area contributed by atoms with Crippen LogP contribution >= 0.6 is 22.7 Å². The number of carboxylic acid groups (broad SMARTS) is 1. The monoisotopic (exact) mass is 311 g/mol. The van der Waals surface area contributed by atoms with Crippen LogP contribution in [0.5, 0.6) is 0 Å². The van der Waals surface area contributed by atoms with E-state index in [2.05, 4.69) is 20.0 Å². The van der Waals surface area contributed by atoms with Gasteiger partial charge in [-0.15, -0.1) is 22.7 Å². The van der Waals surface area contributed by atoms with Crippen LogP contribution in [-0.4, -0.2) is 27.0 Å². The van der Waals surface area contributed by atoms with Crippen molar-refractivity contribution in [3.63, 3.8) is 0 Å². The number of carbonyl (C=O) groups is 2. The average Bonchev–Trinajstić information content (AvgIpc) is 2.99. The molecule has 0 aliphatic carbocycles. The first-order valence-corrected chi connectivity index (χ1v) is 6.87. The molecule has 1 N–H and O–H groups in total. The number of hydrogen-bond donors (Lipinski definition) is 1. The molecule has 0 saturated heterocycles. The minimum atomic E-state index is -0.959. The number of amides is 1. The summed E-state index contributed by atoms with van der Waals surface area (Å²) in [5.74, 6) is -1.59. The number of aryl methyl sites for hydroxylation is 2. The van der Waals surface area contributed by atoms with Crippen LogP contribution in [-0.2, 0) is 0 Å². The Labute approximate surface area is 121 Å². The van der Waals surface area contributed by atoms with Crippen molar-refractivity contribution in [2.45, 2.75) is 13.8 Å². The van der Waals surface area contributed by atoms with Gasteiger partial charge in [0.2, 0.25) is 0 Å². The largest absolute Gasteiger partial charge is 0.476 e. The first-order chi connectivity index (χ1) is 9.43. The summed E-state index contributed by atoms with van der Waals surface area (Å²) in [6.45, 7) is 3.55. The number of carbonyl (C=O) groups excluding carboxylic acids is 1. The smallest absolute Gasteiger partial charge is 0.355 e. The summed E-state index contributed by atoms with van der Waals surface area (Å²) in [6.07, 6.45) is 0. The fraction of sp³-hybridized carbons (Fsp3) is 0.200. The molecule has 2 aromatic rings. The van der Waals surface area contributed by atoms with E-state index in [1.807, 2.05) is 0 Å². The Bertz CT molecular complexity index is 672. The second-order valence-corrected chi connectivity index (χ2v) is 5.43. The molecule has 1 amide bonds. The van der Waals surface area contributed by atoms with Gasteiger partial charge in [0.25, 0.3) is 5.91 Å². The molecule has 10 heteroatoms. The van der Waals surface area contributed by atoms with Gasteiger partial charge in [-0.2, -0.15) is 0 Å². The Morgan fingerprint density at radius 2 is 1.70 bits per heavy atom. The van der Waals surface area contributed by atoms with Gasteiger partial charge in [0.15, 0.2) is 5.69 Å². The van der Waals surface area contributed by atoms with E-state index in [4.69, 9.17) is 10.6 Å². The summed E-state index contributed by atoms with van der Waals surface area (Å²) >= 11 is 2.68. The lowest BCUT2D eigenvalue weighted by Gasteiger charge is -1.80. The number of carboxylic acids is 1. The van der Waals surface area contributed by atoms with E-state index in [1.54, 1.807) is 19.2 Å². The second kappa shape index (κ2) is 7.34. The van der Waals surface area contributed by atoms with E-state index in [9.17, 15) is 9.59 Å². The summed E-state index contributed by atoms with van der Waals surface area (Å²) in [5.41, 5.74) is 8.27. The van der Waals surface area contributed by atoms with Gasteiger partial charge in [-0.05, 0) is 24.5 Å². The van der Waals surface area contributed by atoms with Crippen LogP contribution in [0, 0.1) is 13.8 Å². The number of azide groups is 1. The summed E-state index contributed by atoms with van der Waals surface area (Å²) in [4.78, 5) is 30.9. The fourth-order valence-corrected chi connectivity index (χ4v) is 2.19. The van der Waals surface area contributed by atoms with E-state index < -0.39 is 11.9 Å². The average molecular weight is 311 g/mol. The Balaban J connectivity index is 0.000000204. The van der Waals surface area contributed by atoms with Crippen LogP contribution in [0.25, 0.3) is 10.4 Å². The molecule has 0 atom stereocenters. The standard InChI is InChI=1S/C5H4N4OS.C5H5NO2S/c1-3-7-4(2-11-3)5(10)8-9-6;1-3-6-4(2-9-3)5(7)8/h2H,1H3;2H,1H3,(H,7,8). The zero-order valence-corrected chi connectivity index (χ0v) is 12.1. The molecule has 0 spiro atoms. The molecule has 0 aromatic carbocycles. The Morgan fingerprint density at radius 1 is 1.20 bits per heavy atom. The first-order valence-electron chi connectivity index (χ1n) is 5.11. The minimum Gasteiger partial charge on any atom is -0.476 e. The third-order valence-corrected chi connectivity index (χ3v) is 3.36. The number of aromatic nitrogens is 2. The van der Waals surface area contributed by atoms with Gasteiger partial charge in [-0.25, -0.2) is 14.8 Å². The van der Waals surface area contributed by atoms with Crippen LogP contribution < -0.4 is 0 Å². The number of aromatic carboxylic acids is 1. The Morgan fingerprint density at radius 3 is 2.00 bits per heavy atom. The summed E-state index contributed by atoms with van der Waals surface area (Å²) in [5, 5.41) is 15.9. The predicted molar refractivity (Wildman–Crippen MR) is 74.1 cm³/mol. The number of hydrogen-bond acceptors (Lipinski definition) is 6. The molecule has 8 nitrogen and oxygen atoms in total. The second-order valence-electron chi connectivity index (χ2n) is 3.30. The van der Waals surface area contributed by atoms with Gasteiger partial charge in [-0.3, -0.25) is 4.79 Å². The van der Waals surface area contributed by atoms with Crippen molar-refractivity contribution in [2.24, 2.45) is 5.11 Å². The molecule has 104 valence electrons. The van der Waals surface area contributed by atoms with Crippen LogP contribution in [0.15, 0.2) is 15.9 Å². The van der Waals surface area contributed by atoms with Gasteiger partial charge in [0, 0.05) is 15.7 Å². The highest BCUT2D eigenvalue weighted by molar-refractivity contribution is 7.10. The van der Waals surface area contributed by atoms with Crippen molar-refractivity contribution in [3.8, 4) is 0 Å². The Kier molecular flexibility index (Phi) is 5.78. The van der Waals surface area contributed by atoms with Crippen molar-refractivity contribution in [1.82, 2.24) is 9.97 Å². The quantitative estimate of drug-likeness (QED) is 0.517. The molecule has 0 aliphatic rings. The van der Waals surface area contributed by atoms with Gasteiger partial charge < -0.3 is 5.11 Å². The van der Waals surface area contributed by atoms with Crippen molar-refractivity contribution in [1.29, 1.82) is 0 Å². The van der Waals surface area contributed by atoms with Crippen molar-refractivity contribution in [2.75, 3.05) is 0 Å². The topological polar surface area (TPSA) is 129 Å². The predicted octanol–water partition coefficient (Wildman–Crippen LogP) is 3.05.